The van der Waals surface area contributed by atoms with E-state index >= 15 is 0 Å². The second kappa shape index (κ2) is 38.6. The topological polar surface area (TPSA) is 43.4 Å². The van der Waals surface area contributed by atoms with Gasteiger partial charge in [-0.2, -0.15) is 0 Å². The van der Waals surface area contributed by atoms with Crippen molar-refractivity contribution in [1.82, 2.24) is 0 Å². The second-order valence-corrected chi connectivity index (χ2v) is 11.5. The van der Waals surface area contributed by atoms with Crippen LogP contribution in [-0.4, -0.2) is 11.9 Å². The standard InChI is InChI=1S/C34H66O3.2Ag/c1-3-5-7-9-11-13-15-17-18-20-22-24-26-28-30-32-34(36)37-33(35)31-29-27-25-23-21-19-16-14-12-10-8-6-4-2;;/h3-32H2,1-2H3;;. The van der Waals surface area contributed by atoms with Gasteiger partial charge in [0, 0.05) is 57.6 Å². The van der Waals surface area contributed by atoms with Crippen molar-refractivity contribution >= 4 is 11.9 Å². The van der Waals surface area contributed by atoms with Crippen molar-refractivity contribution in [2.24, 2.45) is 0 Å². The van der Waals surface area contributed by atoms with Gasteiger partial charge in [0.05, 0.1) is 0 Å². The SMILES string of the molecule is CCCCCCCCCCCCCCCCCC(=O)OC(=O)CCCCCCCCCCCCCCC.[Ag].[Ag]. The van der Waals surface area contributed by atoms with Crippen molar-refractivity contribution in [2.45, 2.75) is 206 Å². The van der Waals surface area contributed by atoms with Gasteiger partial charge in [0.1, 0.15) is 0 Å². The van der Waals surface area contributed by atoms with Gasteiger partial charge in [0.15, 0.2) is 0 Å². The molecule has 0 unspecified atom stereocenters. The quantitative estimate of drug-likeness (QED) is 0.0319. The van der Waals surface area contributed by atoms with Crippen LogP contribution in [0.3, 0.4) is 0 Å². The van der Waals surface area contributed by atoms with E-state index in [1.807, 2.05) is 0 Å². The number of hydrogen-bond donors (Lipinski definition) is 0. The number of unbranched alkanes of at least 4 members (excludes halogenated alkanes) is 26. The van der Waals surface area contributed by atoms with Crippen molar-refractivity contribution in [2.75, 3.05) is 0 Å². The zero-order valence-electron chi connectivity index (χ0n) is 26.0. The predicted molar refractivity (Wildman–Crippen MR) is 161 cm³/mol. The second-order valence-electron chi connectivity index (χ2n) is 11.5. The van der Waals surface area contributed by atoms with Gasteiger partial charge in [-0.15, -0.1) is 0 Å². The van der Waals surface area contributed by atoms with Gasteiger partial charge in [0.25, 0.3) is 0 Å². The first kappa shape index (κ1) is 44.1. The van der Waals surface area contributed by atoms with Gasteiger partial charge in [-0.1, -0.05) is 181 Å². The normalized spacial score (nSPS) is 10.6. The molecule has 0 N–H and O–H groups in total. The van der Waals surface area contributed by atoms with Crippen LogP contribution in [0.25, 0.3) is 0 Å². The molecule has 2 radical (unpaired) electrons. The monoisotopic (exact) mass is 736 g/mol. The summed E-state index contributed by atoms with van der Waals surface area (Å²) in [5.74, 6) is -0.650. The molecular formula is C34H66Ag2O3. The Hall–Kier alpha value is 0.621. The average molecular weight is 739 g/mol. The molecule has 0 aromatic carbocycles. The molecule has 0 bridgehead atoms. The van der Waals surface area contributed by atoms with E-state index in [1.54, 1.807) is 0 Å². The molecular weight excluding hydrogens is 672 g/mol. The van der Waals surface area contributed by atoms with E-state index in [-0.39, 0.29) is 56.7 Å². The maximum absolute atomic E-state index is 11.9. The van der Waals surface area contributed by atoms with Crippen LogP contribution in [0.5, 0.6) is 0 Å². The molecule has 0 aromatic rings. The largest absolute Gasteiger partial charge is 0.393 e. The average Bonchev–Trinajstić information content (AvgIpc) is 2.89. The molecule has 0 aliphatic heterocycles. The minimum atomic E-state index is -0.325. The first-order chi connectivity index (χ1) is 18.2. The maximum atomic E-state index is 11.9. The number of ether oxygens (including phenoxy) is 1. The maximum Gasteiger partial charge on any atom is 0.313 e. The van der Waals surface area contributed by atoms with Crippen molar-refractivity contribution in [3.8, 4) is 0 Å². The summed E-state index contributed by atoms with van der Waals surface area (Å²) in [5, 5.41) is 0. The predicted octanol–water partition coefficient (Wildman–Crippen LogP) is 11.8. The van der Waals surface area contributed by atoms with Crippen LogP contribution in [-0.2, 0) is 59.1 Å². The minimum absolute atomic E-state index is 0. The van der Waals surface area contributed by atoms with E-state index in [9.17, 15) is 9.59 Å². The molecule has 0 amide bonds. The number of carbonyl (C=O) groups is 2. The molecule has 0 aromatic heterocycles. The number of rotatable bonds is 30. The molecule has 242 valence electrons. The van der Waals surface area contributed by atoms with Crippen LogP contribution in [0, 0.1) is 0 Å². The fourth-order valence-corrected chi connectivity index (χ4v) is 5.16. The van der Waals surface area contributed by atoms with Crippen LogP contribution in [0.2, 0.25) is 0 Å². The van der Waals surface area contributed by atoms with Gasteiger partial charge in [-0.05, 0) is 12.8 Å². The Balaban J connectivity index is -0.00000648. The van der Waals surface area contributed by atoms with E-state index in [0.717, 1.165) is 25.7 Å². The summed E-state index contributed by atoms with van der Waals surface area (Å²) in [4.78, 5) is 23.8. The van der Waals surface area contributed by atoms with Crippen molar-refractivity contribution < 1.29 is 59.1 Å². The number of carbonyl (C=O) groups excluding carboxylic acids is 2. The molecule has 0 rings (SSSR count). The third-order valence-corrected chi connectivity index (χ3v) is 7.70. The van der Waals surface area contributed by atoms with Crippen molar-refractivity contribution in [3.05, 3.63) is 0 Å². The Kier molecular flexibility index (Phi) is 43.6. The van der Waals surface area contributed by atoms with Crippen LogP contribution in [0.4, 0.5) is 0 Å². The first-order valence-corrected chi connectivity index (χ1v) is 16.9. The molecule has 5 heteroatoms. The van der Waals surface area contributed by atoms with Gasteiger partial charge < -0.3 is 4.74 Å². The molecule has 0 aliphatic carbocycles. The van der Waals surface area contributed by atoms with Crippen LogP contribution in [0.15, 0.2) is 0 Å². The molecule has 3 nitrogen and oxygen atoms in total. The summed E-state index contributed by atoms with van der Waals surface area (Å²) in [6, 6.07) is 0. The number of esters is 2. The molecule has 0 spiro atoms. The Morgan fingerprint density at radius 1 is 0.333 bits per heavy atom. The van der Waals surface area contributed by atoms with Gasteiger partial charge in [0.2, 0.25) is 0 Å². The summed E-state index contributed by atoms with van der Waals surface area (Å²) < 4.78 is 5.00. The van der Waals surface area contributed by atoms with Crippen molar-refractivity contribution in [1.29, 1.82) is 0 Å². The molecule has 0 fully saturated rings. The van der Waals surface area contributed by atoms with Crippen LogP contribution < -0.4 is 0 Å². The Labute approximate surface area is 275 Å². The van der Waals surface area contributed by atoms with E-state index in [4.69, 9.17) is 4.74 Å². The van der Waals surface area contributed by atoms with Crippen molar-refractivity contribution in [3.63, 3.8) is 0 Å². The Morgan fingerprint density at radius 2 is 0.513 bits per heavy atom. The molecule has 0 saturated heterocycles. The fourth-order valence-electron chi connectivity index (χ4n) is 5.16. The zero-order valence-corrected chi connectivity index (χ0v) is 29.0. The molecule has 39 heavy (non-hydrogen) atoms. The van der Waals surface area contributed by atoms with Crippen LogP contribution >= 0.6 is 0 Å². The number of hydrogen-bond acceptors (Lipinski definition) is 3. The molecule has 0 saturated carbocycles. The summed E-state index contributed by atoms with van der Waals surface area (Å²) in [6.07, 6.45) is 37.2. The molecule has 0 aliphatic rings. The summed E-state index contributed by atoms with van der Waals surface area (Å²) in [7, 11) is 0. The fraction of sp³-hybridized carbons (Fsp3) is 0.941. The summed E-state index contributed by atoms with van der Waals surface area (Å²) >= 11 is 0. The van der Waals surface area contributed by atoms with Gasteiger partial charge >= 0.3 is 11.9 Å². The minimum Gasteiger partial charge on any atom is -0.393 e. The Morgan fingerprint density at radius 3 is 0.718 bits per heavy atom. The van der Waals surface area contributed by atoms with E-state index in [2.05, 4.69) is 13.8 Å². The third-order valence-electron chi connectivity index (χ3n) is 7.70. The molecule has 0 atom stereocenters. The van der Waals surface area contributed by atoms with Crippen LogP contribution in [0.1, 0.15) is 206 Å². The van der Waals surface area contributed by atoms with Gasteiger partial charge in [-0.25, -0.2) is 0 Å². The van der Waals surface area contributed by atoms with Gasteiger partial charge in [-0.3, -0.25) is 9.59 Å². The van der Waals surface area contributed by atoms with E-state index < -0.39 is 0 Å². The van der Waals surface area contributed by atoms with E-state index in [1.165, 1.54) is 154 Å². The summed E-state index contributed by atoms with van der Waals surface area (Å²) in [6.45, 7) is 4.55. The smallest absolute Gasteiger partial charge is 0.313 e. The Bertz CT molecular complexity index is 485. The third kappa shape index (κ3) is 38.6. The first-order valence-electron chi connectivity index (χ1n) is 16.9. The zero-order chi connectivity index (χ0) is 27.1. The summed E-state index contributed by atoms with van der Waals surface area (Å²) in [5.41, 5.74) is 0. The molecule has 0 heterocycles. The van der Waals surface area contributed by atoms with E-state index in [0.29, 0.717) is 12.8 Å².